The lowest BCUT2D eigenvalue weighted by Gasteiger charge is -2.20. The number of carbonyl (C=O) groups excluding carboxylic acids is 1. The van der Waals surface area contributed by atoms with E-state index in [1.54, 1.807) is 13.0 Å². The first kappa shape index (κ1) is 27.4. The lowest BCUT2D eigenvalue weighted by Crippen LogP contribution is -2.33. The number of carbonyl (C=O) groups is 1. The fourth-order valence-corrected chi connectivity index (χ4v) is 5.13. The molecule has 1 aliphatic carbocycles. The van der Waals surface area contributed by atoms with Gasteiger partial charge in [0.15, 0.2) is 6.10 Å². The first-order valence-electron chi connectivity index (χ1n) is 12.9. The van der Waals surface area contributed by atoms with E-state index < -0.39 is 17.8 Å². The Bertz CT molecular complexity index is 1020. The topological polar surface area (TPSA) is 60.0 Å². The molecular formula is C28H35F3N2O4. The van der Waals surface area contributed by atoms with Gasteiger partial charge in [0.05, 0.1) is 12.2 Å². The van der Waals surface area contributed by atoms with Gasteiger partial charge in [-0.1, -0.05) is 30.3 Å². The highest BCUT2D eigenvalue weighted by molar-refractivity contribution is 5.75. The first-order valence-corrected chi connectivity index (χ1v) is 12.9. The van der Waals surface area contributed by atoms with Crippen LogP contribution >= 0.6 is 0 Å². The molecule has 4 atom stereocenters. The van der Waals surface area contributed by atoms with Crippen molar-refractivity contribution in [1.82, 2.24) is 10.2 Å². The lowest BCUT2D eigenvalue weighted by atomic mass is 10.1. The number of alkyl halides is 3. The Labute approximate surface area is 216 Å². The third-order valence-corrected chi connectivity index (χ3v) is 6.94. The van der Waals surface area contributed by atoms with E-state index in [2.05, 4.69) is 10.2 Å². The summed E-state index contributed by atoms with van der Waals surface area (Å²) in [6.07, 6.45) is -4.47. The van der Waals surface area contributed by atoms with Crippen molar-refractivity contribution < 1.29 is 32.2 Å². The number of halogens is 3. The van der Waals surface area contributed by atoms with Crippen LogP contribution in [0.3, 0.4) is 0 Å². The number of hydrogen-bond acceptors (Lipinski definition) is 6. The minimum atomic E-state index is -4.31. The van der Waals surface area contributed by atoms with Crippen molar-refractivity contribution in [2.45, 2.75) is 45.1 Å². The van der Waals surface area contributed by atoms with Gasteiger partial charge in [0.2, 0.25) is 0 Å². The average Bonchev–Trinajstić information content (AvgIpc) is 3.32. The molecule has 1 saturated heterocycles. The molecular weight excluding hydrogens is 485 g/mol. The molecule has 1 saturated carbocycles. The van der Waals surface area contributed by atoms with E-state index in [-0.39, 0.29) is 5.97 Å². The minimum absolute atomic E-state index is 0.323. The van der Waals surface area contributed by atoms with Crippen molar-refractivity contribution in [2.75, 3.05) is 39.5 Å². The zero-order valence-electron chi connectivity index (χ0n) is 21.3. The molecule has 9 heteroatoms. The summed E-state index contributed by atoms with van der Waals surface area (Å²) in [4.78, 5) is 14.3. The monoisotopic (exact) mass is 520 g/mol. The molecule has 0 bridgehead atoms. The molecule has 4 rings (SSSR count). The molecule has 2 aliphatic rings. The second-order valence-electron chi connectivity index (χ2n) is 9.59. The Morgan fingerprint density at radius 1 is 1.05 bits per heavy atom. The average molecular weight is 521 g/mol. The highest BCUT2D eigenvalue weighted by Gasteiger charge is 2.55. The SMILES string of the molecule is CCOC(=O)[C@H](Cc1ccc(OCCNC2[C@H]3CN(Cc4cccc(C(F)(F)F)c4)C[C@@H]23)cc1)OCC. The van der Waals surface area contributed by atoms with E-state index in [4.69, 9.17) is 14.2 Å². The molecule has 2 fully saturated rings. The van der Waals surface area contributed by atoms with Gasteiger partial charge in [0.1, 0.15) is 12.4 Å². The van der Waals surface area contributed by atoms with E-state index in [1.165, 1.54) is 12.1 Å². The molecule has 2 aromatic rings. The van der Waals surface area contributed by atoms with Gasteiger partial charge in [0, 0.05) is 45.2 Å². The number of fused-ring (bicyclic) bond motifs is 1. The zero-order chi connectivity index (χ0) is 26.4. The molecule has 0 amide bonds. The molecule has 0 spiro atoms. The predicted octanol–water partition coefficient (Wildman–Crippen LogP) is 4.31. The van der Waals surface area contributed by atoms with E-state index in [0.717, 1.165) is 37.0 Å². The second-order valence-corrected chi connectivity index (χ2v) is 9.59. The van der Waals surface area contributed by atoms with Gasteiger partial charge < -0.3 is 19.5 Å². The van der Waals surface area contributed by atoms with Gasteiger partial charge in [-0.2, -0.15) is 13.2 Å². The largest absolute Gasteiger partial charge is 0.492 e. The van der Waals surface area contributed by atoms with Gasteiger partial charge in [-0.25, -0.2) is 4.79 Å². The van der Waals surface area contributed by atoms with Crippen LogP contribution in [0.1, 0.15) is 30.5 Å². The maximum absolute atomic E-state index is 12.9. The number of rotatable bonds is 13. The Hall–Kier alpha value is -2.62. The number of esters is 1. The molecule has 6 nitrogen and oxygen atoms in total. The van der Waals surface area contributed by atoms with Crippen LogP contribution < -0.4 is 10.1 Å². The van der Waals surface area contributed by atoms with E-state index in [9.17, 15) is 18.0 Å². The van der Waals surface area contributed by atoms with Crippen molar-refractivity contribution in [3.8, 4) is 5.75 Å². The molecule has 1 aliphatic heterocycles. The fraction of sp³-hybridized carbons (Fsp3) is 0.536. The molecule has 37 heavy (non-hydrogen) atoms. The Morgan fingerprint density at radius 2 is 1.78 bits per heavy atom. The summed E-state index contributed by atoms with van der Waals surface area (Å²) in [5, 5.41) is 3.55. The van der Waals surface area contributed by atoms with Crippen LogP contribution in [0.15, 0.2) is 48.5 Å². The number of piperidine rings is 1. The Balaban J connectivity index is 1.13. The number of likely N-dealkylation sites (tertiary alicyclic amines) is 1. The summed E-state index contributed by atoms with van der Waals surface area (Å²) >= 11 is 0. The summed E-state index contributed by atoms with van der Waals surface area (Å²) in [6.45, 7) is 7.99. The van der Waals surface area contributed by atoms with Crippen LogP contribution in [-0.4, -0.2) is 62.5 Å². The van der Waals surface area contributed by atoms with E-state index in [1.807, 2.05) is 31.2 Å². The quantitative estimate of drug-likeness (QED) is 0.314. The van der Waals surface area contributed by atoms with Crippen molar-refractivity contribution >= 4 is 5.97 Å². The second kappa shape index (κ2) is 12.3. The lowest BCUT2D eigenvalue weighted by molar-refractivity contribution is -0.156. The number of benzene rings is 2. The molecule has 202 valence electrons. The van der Waals surface area contributed by atoms with Crippen molar-refractivity contribution in [3.63, 3.8) is 0 Å². The number of nitrogens with zero attached hydrogens (tertiary/aromatic N) is 1. The predicted molar refractivity (Wildman–Crippen MR) is 133 cm³/mol. The van der Waals surface area contributed by atoms with Crippen molar-refractivity contribution in [1.29, 1.82) is 0 Å². The highest BCUT2D eigenvalue weighted by Crippen LogP contribution is 2.45. The van der Waals surface area contributed by atoms with Crippen LogP contribution in [-0.2, 0) is 33.4 Å². The summed E-state index contributed by atoms with van der Waals surface area (Å²) in [5.41, 5.74) is 1.08. The van der Waals surface area contributed by atoms with Gasteiger partial charge >= 0.3 is 12.1 Å². The fourth-order valence-electron chi connectivity index (χ4n) is 5.13. The third-order valence-electron chi connectivity index (χ3n) is 6.94. The molecule has 2 aromatic carbocycles. The van der Waals surface area contributed by atoms with Crippen LogP contribution in [0.4, 0.5) is 13.2 Å². The Morgan fingerprint density at radius 3 is 2.43 bits per heavy atom. The Kier molecular flexibility index (Phi) is 9.10. The van der Waals surface area contributed by atoms with Crippen LogP contribution in [0, 0.1) is 11.8 Å². The van der Waals surface area contributed by atoms with Crippen molar-refractivity contribution in [2.24, 2.45) is 11.8 Å². The third kappa shape index (κ3) is 7.46. The number of hydrogen-bond donors (Lipinski definition) is 1. The van der Waals surface area contributed by atoms with Crippen LogP contribution in [0.5, 0.6) is 5.75 Å². The molecule has 0 radical (unpaired) electrons. The summed E-state index contributed by atoms with van der Waals surface area (Å²) in [5.74, 6) is 1.50. The standard InChI is InChI=1S/C28H35F3N2O4/c1-3-35-25(27(34)36-4-2)15-19-8-10-22(11-9-19)37-13-12-32-26-23-17-33(18-24(23)26)16-20-6-5-7-21(14-20)28(29,30)31/h5-11,14,23-26,32H,3-4,12-13,15-18H2,1-2H3/t23-,24+,25-,26?/m0/s1. The maximum Gasteiger partial charge on any atom is 0.416 e. The summed E-state index contributed by atoms with van der Waals surface area (Å²) < 4.78 is 55.3. The van der Waals surface area contributed by atoms with Crippen molar-refractivity contribution in [3.05, 3.63) is 65.2 Å². The number of ether oxygens (including phenoxy) is 3. The number of nitrogens with one attached hydrogen (secondary N) is 1. The molecule has 0 aromatic heterocycles. The van der Waals surface area contributed by atoms with Crippen LogP contribution in [0.2, 0.25) is 0 Å². The van der Waals surface area contributed by atoms with Crippen LogP contribution in [0.25, 0.3) is 0 Å². The van der Waals surface area contributed by atoms with E-state index in [0.29, 0.717) is 56.2 Å². The smallest absolute Gasteiger partial charge is 0.416 e. The maximum atomic E-state index is 12.9. The minimum Gasteiger partial charge on any atom is -0.492 e. The van der Waals surface area contributed by atoms with Gasteiger partial charge in [0.25, 0.3) is 0 Å². The molecule has 1 unspecified atom stereocenters. The molecule has 1 heterocycles. The summed E-state index contributed by atoms with van der Waals surface area (Å²) in [7, 11) is 0. The first-order chi connectivity index (χ1) is 17.8. The van der Waals surface area contributed by atoms with E-state index >= 15 is 0 Å². The highest BCUT2D eigenvalue weighted by atomic mass is 19.4. The zero-order valence-corrected chi connectivity index (χ0v) is 21.3. The summed E-state index contributed by atoms with van der Waals surface area (Å²) in [6, 6.07) is 13.7. The molecule has 1 N–H and O–H groups in total. The van der Waals surface area contributed by atoms with Gasteiger partial charge in [-0.3, -0.25) is 4.90 Å². The van der Waals surface area contributed by atoms with Gasteiger partial charge in [-0.15, -0.1) is 0 Å². The normalized spacial score (nSPS) is 21.9. The van der Waals surface area contributed by atoms with Gasteiger partial charge in [-0.05, 0) is 55.0 Å².